The van der Waals surface area contributed by atoms with E-state index in [9.17, 15) is 22.8 Å². The number of rotatable bonds is 3. The van der Waals surface area contributed by atoms with E-state index < -0.39 is 28.8 Å². The standard InChI is InChI=1S/C13H12ClF3N2O3/c14-10-3-2-8(6-9(10)13(15,16)17)18-11(20)7-19-4-1-5-22-12(19)21/h2-3,6H,1,4-5,7H2,(H,18,20). The van der Waals surface area contributed by atoms with Gasteiger partial charge >= 0.3 is 12.3 Å². The molecule has 22 heavy (non-hydrogen) atoms. The lowest BCUT2D eigenvalue weighted by Gasteiger charge is -2.25. The third-order valence-electron chi connectivity index (χ3n) is 2.95. The number of nitrogens with one attached hydrogen (secondary N) is 1. The lowest BCUT2D eigenvalue weighted by molar-refractivity contribution is -0.137. The lowest BCUT2D eigenvalue weighted by atomic mass is 10.2. The first-order chi connectivity index (χ1) is 10.3. The predicted octanol–water partition coefficient (Wildman–Crippen LogP) is 3.14. The molecule has 0 unspecified atom stereocenters. The van der Waals surface area contributed by atoms with E-state index >= 15 is 0 Å². The van der Waals surface area contributed by atoms with Crippen molar-refractivity contribution in [2.24, 2.45) is 0 Å². The molecule has 1 aliphatic heterocycles. The highest BCUT2D eigenvalue weighted by Gasteiger charge is 2.33. The van der Waals surface area contributed by atoms with Crippen molar-refractivity contribution in [1.82, 2.24) is 4.90 Å². The molecule has 0 spiro atoms. The summed E-state index contributed by atoms with van der Waals surface area (Å²) in [7, 11) is 0. The van der Waals surface area contributed by atoms with Gasteiger partial charge in [0.15, 0.2) is 0 Å². The van der Waals surface area contributed by atoms with Crippen molar-refractivity contribution in [3.63, 3.8) is 0 Å². The van der Waals surface area contributed by atoms with Crippen LogP contribution in [0.5, 0.6) is 0 Å². The van der Waals surface area contributed by atoms with Gasteiger partial charge in [-0.1, -0.05) is 11.6 Å². The Morgan fingerprint density at radius 1 is 1.41 bits per heavy atom. The second kappa shape index (κ2) is 6.43. The lowest BCUT2D eigenvalue weighted by Crippen LogP contribution is -2.42. The number of ether oxygens (including phenoxy) is 1. The number of benzene rings is 1. The van der Waals surface area contributed by atoms with Gasteiger partial charge in [-0.2, -0.15) is 13.2 Å². The van der Waals surface area contributed by atoms with Crippen LogP contribution in [0.1, 0.15) is 12.0 Å². The molecule has 0 aliphatic carbocycles. The number of anilines is 1. The van der Waals surface area contributed by atoms with E-state index in [-0.39, 0.29) is 12.2 Å². The van der Waals surface area contributed by atoms with Crippen LogP contribution in [-0.2, 0) is 15.7 Å². The molecule has 2 amide bonds. The zero-order valence-corrected chi connectivity index (χ0v) is 12.0. The number of carbonyl (C=O) groups is 2. The maximum absolute atomic E-state index is 12.7. The first-order valence-corrected chi connectivity index (χ1v) is 6.73. The molecule has 120 valence electrons. The van der Waals surface area contributed by atoms with Crippen molar-refractivity contribution in [1.29, 1.82) is 0 Å². The fourth-order valence-corrected chi connectivity index (χ4v) is 2.16. The average Bonchev–Trinajstić information content (AvgIpc) is 2.42. The first kappa shape index (κ1) is 16.4. The molecular formula is C13H12ClF3N2O3. The average molecular weight is 337 g/mol. The molecule has 0 radical (unpaired) electrons. The summed E-state index contributed by atoms with van der Waals surface area (Å²) in [6, 6.07) is 3.05. The topological polar surface area (TPSA) is 58.6 Å². The third-order valence-corrected chi connectivity index (χ3v) is 3.28. The largest absolute Gasteiger partial charge is 0.449 e. The number of alkyl halides is 3. The minimum atomic E-state index is -4.62. The Hall–Kier alpha value is -1.96. The SMILES string of the molecule is O=C(CN1CCCOC1=O)Nc1ccc(Cl)c(C(F)(F)F)c1. The first-order valence-electron chi connectivity index (χ1n) is 6.35. The molecule has 0 aromatic heterocycles. The second-order valence-corrected chi connectivity index (χ2v) is 5.04. The van der Waals surface area contributed by atoms with Crippen LogP contribution < -0.4 is 5.32 Å². The quantitative estimate of drug-likeness (QED) is 0.922. The minimum Gasteiger partial charge on any atom is -0.449 e. The summed E-state index contributed by atoms with van der Waals surface area (Å²) < 4.78 is 42.9. The molecule has 1 N–H and O–H groups in total. The summed E-state index contributed by atoms with van der Waals surface area (Å²) in [5.41, 5.74) is -1.09. The fourth-order valence-electron chi connectivity index (χ4n) is 1.94. The third kappa shape index (κ3) is 4.03. The van der Waals surface area contributed by atoms with Crippen LogP contribution in [0.2, 0.25) is 5.02 Å². The molecule has 2 rings (SSSR count). The summed E-state index contributed by atoms with van der Waals surface area (Å²) in [6.07, 6.45) is -4.64. The molecule has 1 aliphatic rings. The van der Waals surface area contributed by atoms with E-state index in [0.717, 1.165) is 12.1 Å². The van der Waals surface area contributed by atoms with Crippen molar-refractivity contribution < 1.29 is 27.5 Å². The van der Waals surface area contributed by atoms with Gasteiger partial charge in [0.1, 0.15) is 6.54 Å². The van der Waals surface area contributed by atoms with Crippen LogP contribution in [0.25, 0.3) is 0 Å². The smallest absolute Gasteiger partial charge is 0.417 e. The Kier molecular flexibility index (Phi) is 4.80. The van der Waals surface area contributed by atoms with Crippen LogP contribution in [0.4, 0.5) is 23.7 Å². The van der Waals surface area contributed by atoms with E-state index in [1.165, 1.54) is 11.0 Å². The van der Waals surface area contributed by atoms with Crippen molar-refractivity contribution in [3.8, 4) is 0 Å². The summed E-state index contributed by atoms with van der Waals surface area (Å²) in [4.78, 5) is 24.3. The number of hydrogen-bond donors (Lipinski definition) is 1. The number of carbonyl (C=O) groups excluding carboxylic acids is 2. The van der Waals surface area contributed by atoms with Gasteiger partial charge in [-0.15, -0.1) is 0 Å². The summed E-state index contributed by atoms with van der Waals surface area (Å²) in [5.74, 6) is -0.616. The van der Waals surface area contributed by atoms with Crippen LogP contribution >= 0.6 is 11.6 Å². The van der Waals surface area contributed by atoms with Gasteiger partial charge in [-0.25, -0.2) is 4.79 Å². The molecule has 1 fully saturated rings. The highest BCUT2D eigenvalue weighted by Crippen LogP contribution is 2.36. The number of hydrogen-bond acceptors (Lipinski definition) is 3. The highest BCUT2D eigenvalue weighted by atomic mass is 35.5. The zero-order chi connectivity index (χ0) is 16.3. The van der Waals surface area contributed by atoms with Crippen molar-refractivity contribution in [2.75, 3.05) is 25.0 Å². The monoisotopic (exact) mass is 336 g/mol. The highest BCUT2D eigenvalue weighted by molar-refractivity contribution is 6.31. The van der Waals surface area contributed by atoms with E-state index in [2.05, 4.69) is 5.32 Å². The van der Waals surface area contributed by atoms with Crippen LogP contribution in [0.15, 0.2) is 18.2 Å². The van der Waals surface area contributed by atoms with Gasteiger partial charge in [0.25, 0.3) is 0 Å². The molecule has 1 aromatic carbocycles. The second-order valence-electron chi connectivity index (χ2n) is 4.63. The molecule has 1 heterocycles. The maximum Gasteiger partial charge on any atom is 0.417 e. The Morgan fingerprint density at radius 2 is 2.14 bits per heavy atom. The molecule has 5 nitrogen and oxygen atoms in total. The van der Waals surface area contributed by atoms with Crippen molar-refractivity contribution in [2.45, 2.75) is 12.6 Å². The molecule has 0 bridgehead atoms. The zero-order valence-electron chi connectivity index (χ0n) is 11.2. The maximum atomic E-state index is 12.7. The number of amides is 2. The summed E-state index contributed by atoms with van der Waals surface area (Å²) >= 11 is 5.49. The van der Waals surface area contributed by atoms with Gasteiger partial charge in [0.05, 0.1) is 17.2 Å². The number of nitrogens with zero attached hydrogens (tertiary/aromatic N) is 1. The van der Waals surface area contributed by atoms with Gasteiger partial charge in [-0.3, -0.25) is 9.69 Å². The van der Waals surface area contributed by atoms with Gasteiger partial charge in [0.2, 0.25) is 5.91 Å². The van der Waals surface area contributed by atoms with E-state index in [1.807, 2.05) is 0 Å². The normalized spacial score (nSPS) is 15.5. The summed E-state index contributed by atoms with van der Waals surface area (Å²) in [6.45, 7) is 0.368. The van der Waals surface area contributed by atoms with Crippen molar-refractivity contribution in [3.05, 3.63) is 28.8 Å². The molecule has 1 saturated heterocycles. The van der Waals surface area contributed by atoms with Crippen LogP contribution in [-0.4, -0.2) is 36.6 Å². The van der Waals surface area contributed by atoms with Gasteiger partial charge < -0.3 is 10.1 Å². The fraction of sp³-hybridized carbons (Fsp3) is 0.385. The molecule has 0 atom stereocenters. The van der Waals surface area contributed by atoms with Gasteiger partial charge in [-0.05, 0) is 24.6 Å². The van der Waals surface area contributed by atoms with E-state index in [4.69, 9.17) is 16.3 Å². The Bertz CT molecular complexity index is 592. The Labute approximate surface area is 129 Å². The summed E-state index contributed by atoms with van der Waals surface area (Å²) in [5, 5.41) is 1.85. The molecule has 9 heteroatoms. The molecule has 0 saturated carbocycles. The number of cyclic esters (lactones) is 1. The minimum absolute atomic E-state index is 0.0490. The van der Waals surface area contributed by atoms with E-state index in [1.54, 1.807) is 0 Å². The van der Waals surface area contributed by atoms with E-state index in [0.29, 0.717) is 19.6 Å². The predicted molar refractivity (Wildman–Crippen MR) is 72.6 cm³/mol. The molecular weight excluding hydrogens is 325 g/mol. The van der Waals surface area contributed by atoms with Crippen LogP contribution in [0.3, 0.4) is 0 Å². The molecule has 1 aromatic rings. The number of halogens is 4. The van der Waals surface area contributed by atoms with Crippen LogP contribution in [0, 0.1) is 0 Å². The Morgan fingerprint density at radius 3 is 2.77 bits per heavy atom. The van der Waals surface area contributed by atoms with Crippen molar-refractivity contribution >= 4 is 29.3 Å². The van der Waals surface area contributed by atoms with Gasteiger partial charge in [0, 0.05) is 12.2 Å². The Balaban J connectivity index is 2.04.